The Morgan fingerprint density at radius 2 is 1.75 bits per heavy atom. The molecule has 0 saturated carbocycles. The standard InChI is InChI=1S/C19H23N3O5S/c1-12(2)19(23)21-16-7-5-15(6-8-16)11-20-28(26,27)18-10-17(22(24)25)9-13(3)14(18)4/h5-10,12,20H,11H2,1-4H3,(H,21,23). The molecule has 2 rings (SSSR count). The fourth-order valence-electron chi connectivity index (χ4n) is 2.44. The van der Waals surface area contributed by atoms with Crippen molar-refractivity contribution in [3.05, 3.63) is 63.2 Å². The maximum Gasteiger partial charge on any atom is 0.271 e. The van der Waals surface area contributed by atoms with Crippen molar-refractivity contribution >= 4 is 27.3 Å². The Kier molecular flexibility index (Phi) is 6.52. The normalized spacial score (nSPS) is 11.5. The summed E-state index contributed by atoms with van der Waals surface area (Å²) in [5.74, 6) is -0.252. The van der Waals surface area contributed by atoms with E-state index in [1.807, 2.05) is 0 Å². The minimum atomic E-state index is -3.93. The maximum atomic E-state index is 12.7. The van der Waals surface area contributed by atoms with Crippen molar-refractivity contribution in [1.82, 2.24) is 4.72 Å². The van der Waals surface area contributed by atoms with Crippen molar-refractivity contribution in [2.45, 2.75) is 39.1 Å². The van der Waals surface area contributed by atoms with Gasteiger partial charge in [-0.1, -0.05) is 26.0 Å². The van der Waals surface area contributed by atoms with Gasteiger partial charge in [-0.25, -0.2) is 13.1 Å². The first-order chi connectivity index (χ1) is 13.0. The van der Waals surface area contributed by atoms with Crippen LogP contribution in [0.4, 0.5) is 11.4 Å². The fraction of sp³-hybridized carbons (Fsp3) is 0.316. The first-order valence-electron chi connectivity index (χ1n) is 8.66. The van der Waals surface area contributed by atoms with Gasteiger partial charge in [0.2, 0.25) is 15.9 Å². The average Bonchev–Trinajstić information content (AvgIpc) is 2.62. The SMILES string of the molecule is Cc1cc([N+](=O)[O-])cc(S(=O)(=O)NCc2ccc(NC(=O)C(C)C)cc2)c1C. The van der Waals surface area contributed by atoms with Crippen LogP contribution in [0.2, 0.25) is 0 Å². The molecule has 0 fully saturated rings. The Bertz CT molecular complexity index is 999. The van der Waals surface area contributed by atoms with Crippen LogP contribution in [-0.4, -0.2) is 19.2 Å². The van der Waals surface area contributed by atoms with Crippen LogP contribution in [-0.2, 0) is 21.4 Å². The van der Waals surface area contributed by atoms with Crippen LogP contribution in [0.1, 0.15) is 30.5 Å². The summed E-state index contributed by atoms with van der Waals surface area (Å²) in [4.78, 5) is 22.0. The zero-order valence-corrected chi connectivity index (χ0v) is 17.0. The van der Waals surface area contributed by atoms with E-state index in [4.69, 9.17) is 0 Å². The predicted octanol–water partition coefficient (Wildman–Crippen LogP) is 3.28. The molecule has 0 saturated heterocycles. The van der Waals surface area contributed by atoms with E-state index in [-0.39, 0.29) is 29.0 Å². The van der Waals surface area contributed by atoms with Gasteiger partial charge in [0.1, 0.15) is 0 Å². The van der Waals surface area contributed by atoms with E-state index < -0.39 is 14.9 Å². The second-order valence-corrected chi connectivity index (χ2v) is 8.54. The first-order valence-corrected chi connectivity index (χ1v) is 10.1. The Balaban J connectivity index is 2.16. The number of benzene rings is 2. The van der Waals surface area contributed by atoms with Gasteiger partial charge in [-0.15, -0.1) is 0 Å². The zero-order chi connectivity index (χ0) is 21.1. The highest BCUT2D eigenvalue weighted by molar-refractivity contribution is 7.89. The number of hydrogen-bond acceptors (Lipinski definition) is 5. The molecule has 0 heterocycles. The van der Waals surface area contributed by atoms with Crippen LogP contribution >= 0.6 is 0 Å². The summed E-state index contributed by atoms with van der Waals surface area (Å²) in [6.45, 7) is 6.83. The molecule has 0 radical (unpaired) electrons. The summed E-state index contributed by atoms with van der Waals surface area (Å²) in [5.41, 5.74) is 2.03. The number of nitrogens with zero attached hydrogens (tertiary/aromatic N) is 1. The van der Waals surface area contributed by atoms with Gasteiger partial charge in [-0.05, 0) is 42.7 Å². The van der Waals surface area contributed by atoms with Crippen LogP contribution in [0.15, 0.2) is 41.3 Å². The van der Waals surface area contributed by atoms with Crippen molar-refractivity contribution < 1.29 is 18.1 Å². The first kappa shape index (κ1) is 21.5. The molecule has 2 aromatic rings. The lowest BCUT2D eigenvalue weighted by molar-refractivity contribution is -0.385. The van der Waals surface area contributed by atoms with E-state index in [1.165, 1.54) is 6.07 Å². The molecule has 0 aliphatic carbocycles. The van der Waals surface area contributed by atoms with Crippen LogP contribution in [0.25, 0.3) is 0 Å². The number of amides is 1. The highest BCUT2D eigenvalue weighted by atomic mass is 32.2. The number of aryl methyl sites for hydroxylation is 1. The zero-order valence-electron chi connectivity index (χ0n) is 16.1. The number of nitrogens with one attached hydrogen (secondary N) is 2. The van der Waals surface area contributed by atoms with Gasteiger partial charge >= 0.3 is 0 Å². The number of non-ortho nitro benzene ring substituents is 1. The number of carbonyl (C=O) groups is 1. The number of rotatable bonds is 7. The number of anilines is 1. The topological polar surface area (TPSA) is 118 Å². The lowest BCUT2D eigenvalue weighted by Crippen LogP contribution is -2.24. The Hall–Kier alpha value is -2.78. The molecular formula is C19H23N3O5S. The Morgan fingerprint density at radius 3 is 2.29 bits per heavy atom. The van der Waals surface area contributed by atoms with Crippen LogP contribution in [0.3, 0.4) is 0 Å². The van der Waals surface area contributed by atoms with Gasteiger partial charge in [0, 0.05) is 30.3 Å². The van der Waals surface area contributed by atoms with Gasteiger partial charge in [-0.3, -0.25) is 14.9 Å². The minimum Gasteiger partial charge on any atom is -0.326 e. The summed E-state index contributed by atoms with van der Waals surface area (Å²) in [7, 11) is -3.93. The van der Waals surface area contributed by atoms with Gasteiger partial charge in [0.25, 0.3) is 5.69 Å². The van der Waals surface area contributed by atoms with Gasteiger partial charge in [-0.2, -0.15) is 0 Å². The molecule has 0 spiro atoms. The molecular weight excluding hydrogens is 382 g/mol. The van der Waals surface area contributed by atoms with E-state index in [9.17, 15) is 23.3 Å². The third-order valence-electron chi connectivity index (χ3n) is 4.32. The molecule has 1 amide bonds. The van der Waals surface area contributed by atoms with Gasteiger partial charge in [0.05, 0.1) is 9.82 Å². The van der Waals surface area contributed by atoms with E-state index in [1.54, 1.807) is 52.0 Å². The third-order valence-corrected chi connectivity index (χ3v) is 5.84. The molecule has 9 heteroatoms. The van der Waals surface area contributed by atoms with Crippen molar-refractivity contribution in [2.75, 3.05) is 5.32 Å². The predicted molar refractivity (Wildman–Crippen MR) is 107 cm³/mol. The van der Waals surface area contributed by atoms with Crippen molar-refractivity contribution in [2.24, 2.45) is 5.92 Å². The van der Waals surface area contributed by atoms with Gasteiger partial charge in [0.15, 0.2) is 0 Å². The van der Waals surface area contributed by atoms with Gasteiger partial charge < -0.3 is 5.32 Å². The number of nitro benzene ring substituents is 1. The summed E-state index contributed by atoms with van der Waals surface area (Å²) >= 11 is 0. The summed E-state index contributed by atoms with van der Waals surface area (Å²) in [6.07, 6.45) is 0. The molecule has 0 unspecified atom stereocenters. The highest BCUT2D eigenvalue weighted by Crippen LogP contribution is 2.25. The maximum absolute atomic E-state index is 12.7. The van der Waals surface area contributed by atoms with Crippen LogP contribution < -0.4 is 10.0 Å². The number of sulfonamides is 1. The second-order valence-electron chi connectivity index (χ2n) is 6.81. The molecule has 0 bridgehead atoms. The monoisotopic (exact) mass is 405 g/mol. The minimum absolute atomic E-state index is 0.0158. The molecule has 0 aromatic heterocycles. The lowest BCUT2D eigenvalue weighted by Gasteiger charge is -2.12. The van der Waals surface area contributed by atoms with Crippen LogP contribution in [0.5, 0.6) is 0 Å². The Labute approximate surface area is 164 Å². The smallest absolute Gasteiger partial charge is 0.271 e. The molecule has 2 aromatic carbocycles. The largest absolute Gasteiger partial charge is 0.326 e. The van der Waals surface area contributed by atoms with E-state index in [0.717, 1.165) is 6.07 Å². The van der Waals surface area contributed by atoms with Crippen molar-refractivity contribution in [3.8, 4) is 0 Å². The lowest BCUT2D eigenvalue weighted by atomic mass is 10.1. The molecule has 0 atom stereocenters. The molecule has 0 aliphatic heterocycles. The molecule has 28 heavy (non-hydrogen) atoms. The second kappa shape index (κ2) is 8.49. The summed E-state index contributed by atoms with van der Waals surface area (Å²) in [6, 6.07) is 9.18. The average molecular weight is 405 g/mol. The summed E-state index contributed by atoms with van der Waals surface area (Å²) in [5, 5.41) is 13.8. The summed E-state index contributed by atoms with van der Waals surface area (Å²) < 4.78 is 27.8. The Morgan fingerprint density at radius 1 is 1.14 bits per heavy atom. The number of hydrogen-bond donors (Lipinski definition) is 2. The third kappa shape index (κ3) is 5.14. The molecule has 0 aliphatic rings. The molecule has 150 valence electrons. The number of carbonyl (C=O) groups excluding carboxylic acids is 1. The van der Waals surface area contributed by atoms with Crippen LogP contribution in [0, 0.1) is 29.9 Å². The van der Waals surface area contributed by atoms with E-state index >= 15 is 0 Å². The quantitative estimate of drug-likeness (QED) is 0.541. The fourth-order valence-corrected chi connectivity index (χ4v) is 3.79. The van der Waals surface area contributed by atoms with Crippen molar-refractivity contribution in [3.63, 3.8) is 0 Å². The van der Waals surface area contributed by atoms with E-state index in [0.29, 0.717) is 22.4 Å². The highest BCUT2D eigenvalue weighted by Gasteiger charge is 2.22. The number of nitro groups is 1. The molecule has 8 nitrogen and oxygen atoms in total. The van der Waals surface area contributed by atoms with Crippen molar-refractivity contribution in [1.29, 1.82) is 0 Å². The molecule has 2 N–H and O–H groups in total. The van der Waals surface area contributed by atoms with E-state index in [2.05, 4.69) is 10.0 Å².